The molecule has 0 aliphatic rings. The number of hydrogen-bond donors (Lipinski definition) is 1. The van der Waals surface area contributed by atoms with Crippen LogP contribution in [0.1, 0.15) is 0 Å². The zero-order chi connectivity index (χ0) is 12.3. The molecule has 17 heavy (non-hydrogen) atoms. The lowest BCUT2D eigenvalue weighted by molar-refractivity contribution is 0.356. The van der Waals surface area contributed by atoms with Crippen molar-refractivity contribution in [1.29, 1.82) is 0 Å². The molecule has 2 aromatic rings. The van der Waals surface area contributed by atoms with Crippen LogP contribution in [0.25, 0.3) is 11.1 Å². The van der Waals surface area contributed by atoms with Crippen LogP contribution in [-0.4, -0.2) is 24.2 Å². The first-order chi connectivity index (χ1) is 8.27. The Morgan fingerprint density at radius 3 is 2.65 bits per heavy atom. The van der Waals surface area contributed by atoms with Crippen molar-refractivity contribution in [3.8, 4) is 22.6 Å². The van der Waals surface area contributed by atoms with Crippen molar-refractivity contribution in [2.24, 2.45) is 0 Å². The molecule has 5 heteroatoms. The van der Waals surface area contributed by atoms with E-state index in [-0.39, 0.29) is 0 Å². The monoisotopic (exact) mass is 248 g/mol. The van der Waals surface area contributed by atoms with Crippen molar-refractivity contribution in [2.75, 3.05) is 14.2 Å². The lowest BCUT2D eigenvalue weighted by atomic mass is 10.1. The molecule has 0 radical (unpaired) electrons. The molecule has 88 valence electrons. The summed E-state index contributed by atoms with van der Waals surface area (Å²) in [4.78, 5) is 6.93. The Hall–Kier alpha value is -1.88. The number of hydrogen-bond acceptors (Lipinski definition) is 4. The van der Waals surface area contributed by atoms with Gasteiger partial charge in [0.1, 0.15) is 4.64 Å². The molecule has 1 aromatic heterocycles. The Morgan fingerprint density at radius 2 is 2.00 bits per heavy atom. The minimum absolute atomic E-state index is 0.617. The van der Waals surface area contributed by atoms with Crippen LogP contribution in [-0.2, 0) is 0 Å². The third-order valence-electron chi connectivity index (χ3n) is 2.41. The molecule has 1 heterocycles. The van der Waals surface area contributed by atoms with Crippen LogP contribution in [0.4, 0.5) is 0 Å². The third-order valence-corrected chi connectivity index (χ3v) is 2.75. The van der Waals surface area contributed by atoms with Gasteiger partial charge in [-0.25, -0.2) is 4.98 Å². The van der Waals surface area contributed by atoms with Crippen LogP contribution < -0.4 is 9.47 Å². The lowest BCUT2D eigenvalue weighted by Gasteiger charge is -2.12. The van der Waals surface area contributed by atoms with Crippen LogP contribution in [0, 0.1) is 4.64 Å². The predicted molar refractivity (Wildman–Crippen MR) is 68.0 cm³/mol. The molecule has 0 unspecified atom stereocenters. The maximum absolute atomic E-state index is 5.36. The van der Waals surface area contributed by atoms with Gasteiger partial charge in [0.25, 0.3) is 0 Å². The number of benzene rings is 1. The molecule has 1 aromatic carbocycles. The van der Waals surface area contributed by atoms with Crippen molar-refractivity contribution in [2.45, 2.75) is 0 Å². The Labute approximate surface area is 104 Å². The first-order valence-electron chi connectivity index (χ1n) is 5.02. The molecule has 0 saturated carbocycles. The average molecular weight is 248 g/mol. The topological polar surface area (TPSA) is 47.1 Å². The lowest BCUT2D eigenvalue weighted by Crippen LogP contribution is -1.94. The Kier molecular flexibility index (Phi) is 3.39. The zero-order valence-electron chi connectivity index (χ0n) is 9.56. The van der Waals surface area contributed by atoms with Crippen molar-refractivity contribution in [1.82, 2.24) is 9.97 Å². The van der Waals surface area contributed by atoms with Gasteiger partial charge in [-0.15, -0.1) is 0 Å². The minimum atomic E-state index is 0.617. The highest BCUT2D eigenvalue weighted by Crippen LogP contribution is 2.37. The summed E-state index contributed by atoms with van der Waals surface area (Å²) in [6.07, 6.45) is 3.26. The smallest absolute Gasteiger partial charge is 0.168 e. The van der Waals surface area contributed by atoms with Gasteiger partial charge >= 0.3 is 0 Å². The predicted octanol–water partition coefficient (Wildman–Crippen LogP) is 2.82. The van der Waals surface area contributed by atoms with E-state index in [4.69, 9.17) is 21.7 Å². The van der Waals surface area contributed by atoms with Gasteiger partial charge in [-0.3, -0.25) is 0 Å². The molecule has 0 atom stereocenters. The van der Waals surface area contributed by atoms with Crippen molar-refractivity contribution in [3.63, 3.8) is 0 Å². The van der Waals surface area contributed by atoms with Crippen LogP contribution in [0.3, 0.4) is 0 Å². The summed E-state index contributed by atoms with van der Waals surface area (Å²) in [6.45, 7) is 0. The van der Waals surface area contributed by atoms with Crippen LogP contribution >= 0.6 is 12.2 Å². The molecule has 0 amide bonds. The van der Waals surface area contributed by atoms with E-state index in [1.807, 2.05) is 18.2 Å². The molecule has 0 saturated heterocycles. The van der Waals surface area contributed by atoms with Gasteiger partial charge < -0.3 is 14.5 Å². The highest BCUT2D eigenvalue weighted by Gasteiger charge is 2.12. The first-order valence-corrected chi connectivity index (χ1v) is 5.42. The highest BCUT2D eigenvalue weighted by molar-refractivity contribution is 7.71. The molecule has 0 bridgehead atoms. The van der Waals surface area contributed by atoms with Gasteiger partial charge in [0, 0.05) is 17.3 Å². The molecule has 0 fully saturated rings. The second kappa shape index (κ2) is 4.97. The number of rotatable bonds is 3. The highest BCUT2D eigenvalue weighted by atomic mass is 32.1. The summed E-state index contributed by atoms with van der Waals surface area (Å²) in [5.41, 5.74) is 1.68. The molecular formula is C12H12N2O2S. The summed E-state index contributed by atoms with van der Waals surface area (Å²) in [7, 11) is 3.20. The third kappa shape index (κ3) is 2.14. The molecule has 1 N–H and O–H groups in total. The molecule has 0 spiro atoms. The van der Waals surface area contributed by atoms with Gasteiger partial charge in [-0.1, -0.05) is 24.4 Å². The van der Waals surface area contributed by atoms with E-state index in [1.165, 1.54) is 0 Å². The fraction of sp³-hybridized carbons (Fsp3) is 0.167. The summed E-state index contributed by atoms with van der Waals surface area (Å²) in [5.74, 6) is 1.32. The number of ether oxygens (including phenoxy) is 2. The van der Waals surface area contributed by atoms with E-state index in [2.05, 4.69) is 9.97 Å². The van der Waals surface area contributed by atoms with E-state index < -0.39 is 0 Å². The largest absolute Gasteiger partial charge is 0.493 e. The van der Waals surface area contributed by atoms with Crippen molar-refractivity contribution >= 4 is 12.2 Å². The van der Waals surface area contributed by atoms with Gasteiger partial charge in [0.05, 0.1) is 20.5 Å². The van der Waals surface area contributed by atoms with E-state index >= 15 is 0 Å². The van der Waals surface area contributed by atoms with E-state index in [0.717, 1.165) is 11.1 Å². The first kappa shape index (κ1) is 11.6. The zero-order valence-corrected chi connectivity index (χ0v) is 10.4. The summed E-state index contributed by atoms with van der Waals surface area (Å²) in [5, 5.41) is 0. The number of methoxy groups -OCH3 is 2. The van der Waals surface area contributed by atoms with Gasteiger partial charge in [0.15, 0.2) is 11.5 Å². The number of nitrogens with zero attached hydrogens (tertiary/aromatic N) is 1. The SMILES string of the molecule is COc1cccc(-c2cnc[nH]c2=S)c1OC. The summed E-state index contributed by atoms with van der Waals surface area (Å²) < 4.78 is 11.2. The fourth-order valence-electron chi connectivity index (χ4n) is 1.64. The summed E-state index contributed by atoms with van der Waals surface area (Å²) in [6, 6.07) is 5.64. The quantitative estimate of drug-likeness (QED) is 0.848. The average Bonchev–Trinajstić information content (AvgIpc) is 2.38. The fourth-order valence-corrected chi connectivity index (χ4v) is 1.85. The molecule has 2 rings (SSSR count). The number of H-pyrrole nitrogens is 1. The minimum Gasteiger partial charge on any atom is -0.493 e. The van der Waals surface area contributed by atoms with Crippen LogP contribution in [0.5, 0.6) is 11.5 Å². The van der Waals surface area contributed by atoms with Gasteiger partial charge in [-0.2, -0.15) is 0 Å². The Bertz CT molecular complexity index is 581. The van der Waals surface area contributed by atoms with Crippen LogP contribution in [0.2, 0.25) is 0 Å². The molecule has 4 nitrogen and oxygen atoms in total. The summed E-state index contributed by atoms with van der Waals surface area (Å²) >= 11 is 5.23. The van der Waals surface area contributed by atoms with Gasteiger partial charge in [0.2, 0.25) is 0 Å². The molecule has 0 aliphatic carbocycles. The number of aromatic amines is 1. The van der Waals surface area contributed by atoms with E-state index in [0.29, 0.717) is 16.1 Å². The Balaban J connectivity index is 2.68. The standard InChI is InChI=1S/C12H12N2O2S/c1-15-10-5-3-4-8(11(10)16-2)9-6-13-7-14-12(9)17/h3-7H,1-2H3,(H,13,14,17). The second-order valence-electron chi connectivity index (χ2n) is 3.34. The normalized spacial score (nSPS) is 10.0. The molecule has 0 aliphatic heterocycles. The van der Waals surface area contributed by atoms with E-state index in [1.54, 1.807) is 26.7 Å². The van der Waals surface area contributed by atoms with Gasteiger partial charge in [-0.05, 0) is 6.07 Å². The van der Waals surface area contributed by atoms with Crippen LogP contribution in [0.15, 0.2) is 30.7 Å². The van der Waals surface area contributed by atoms with E-state index in [9.17, 15) is 0 Å². The Morgan fingerprint density at radius 1 is 1.18 bits per heavy atom. The van der Waals surface area contributed by atoms with Crippen molar-refractivity contribution < 1.29 is 9.47 Å². The number of para-hydroxylation sites is 1. The van der Waals surface area contributed by atoms with Crippen molar-refractivity contribution in [3.05, 3.63) is 35.4 Å². The number of nitrogens with one attached hydrogen (secondary N) is 1. The maximum Gasteiger partial charge on any atom is 0.168 e. The maximum atomic E-state index is 5.36. The second-order valence-corrected chi connectivity index (χ2v) is 3.74. The number of aromatic nitrogens is 2. The molecular weight excluding hydrogens is 236 g/mol.